The van der Waals surface area contributed by atoms with Gasteiger partial charge in [0.05, 0.1) is 4.75 Å². The van der Waals surface area contributed by atoms with Crippen LogP contribution in [0.15, 0.2) is 97.1 Å². The van der Waals surface area contributed by atoms with Gasteiger partial charge in [0, 0.05) is 0 Å². The maximum atomic E-state index is 3.97. The molecule has 0 spiro atoms. The Hall–Kier alpha value is -1.99. The third-order valence-corrected chi connectivity index (χ3v) is 6.00. The van der Waals surface area contributed by atoms with Crippen molar-refractivity contribution < 1.29 is 0 Å². The molecule has 0 unspecified atom stereocenters. The van der Waals surface area contributed by atoms with Crippen molar-refractivity contribution in [2.75, 3.05) is 5.75 Å². The first kappa shape index (κ1) is 20.3. The monoisotopic (exact) mass is 362 g/mol. The quantitative estimate of drug-likeness (QED) is 0.419. The highest BCUT2D eigenvalue weighted by atomic mass is 32.2. The maximum Gasteiger partial charge on any atom is 0.0906 e. The second-order valence-electron chi connectivity index (χ2n) is 6.80. The summed E-state index contributed by atoms with van der Waals surface area (Å²) in [7, 11) is 0. The van der Waals surface area contributed by atoms with Gasteiger partial charge < -0.3 is 0 Å². The molecule has 0 heterocycles. The molecule has 0 atom stereocenters. The fourth-order valence-electron chi connectivity index (χ4n) is 3.14. The first-order valence-corrected chi connectivity index (χ1v) is 10.3. The van der Waals surface area contributed by atoms with Crippen LogP contribution in [0.3, 0.4) is 0 Å². The molecule has 0 bridgehead atoms. The van der Waals surface area contributed by atoms with Crippen molar-refractivity contribution in [3.05, 3.63) is 108 Å². The van der Waals surface area contributed by atoms with E-state index >= 15 is 0 Å². The van der Waals surface area contributed by atoms with Gasteiger partial charge in [-0.25, -0.2) is 0 Å². The predicted molar refractivity (Wildman–Crippen MR) is 119 cm³/mol. The van der Waals surface area contributed by atoms with E-state index < -0.39 is 0 Å². The molecule has 136 valence electrons. The first-order valence-electron chi connectivity index (χ1n) is 9.36. The van der Waals surface area contributed by atoms with Crippen LogP contribution in [0.4, 0.5) is 0 Å². The van der Waals surface area contributed by atoms with Gasteiger partial charge in [-0.3, -0.25) is 0 Å². The summed E-state index contributed by atoms with van der Waals surface area (Å²) in [5, 5.41) is 0. The summed E-state index contributed by atoms with van der Waals surface area (Å²) in [5.74, 6) is 1.80. The molecule has 0 fully saturated rings. The number of hydrogen-bond donors (Lipinski definition) is 0. The van der Waals surface area contributed by atoms with Gasteiger partial charge in [0.2, 0.25) is 0 Å². The Kier molecular flexibility index (Phi) is 8.00. The maximum absolute atomic E-state index is 3.97. The lowest BCUT2D eigenvalue weighted by molar-refractivity contribution is 0.630. The van der Waals surface area contributed by atoms with Gasteiger partial charge >= 0.3 is 0 Å². The summed E-state index contributed by atoms with van der Waals surface area (Å²) in [5.41, 5.74) is 3.89. The van der Waals surface area contributed by atoms with E-state index in [4.69, 9.17) is 0 Å². The van der Waals surface area contributed by atoms with Crippen LogP contribution in [0.2, 0.25) is 0 Å². The van der Waals surface area contributed by atoms with Crippen LogP contribution in [0.5, 0.6) is 0 Å². The molecule has 0 aliphatic rings. The summed E-state index contributed by atoms with van der Waals surface area (Å²) in [6, 6.07) is 21.7. The summed E-state index contributed by atoms with van der Waals surface area (Å²) >= 11 is 2.02. The lowest BCUT2D eigenvalue weighted by atomic mass is 9.83. The van der Waals surface area contributed by atoms with E-state index in [9.17, 15) is 0 Å². The predicted octanol–water partition coefficient (Wildman–Crippen LogP) is 7.40. The standard InChI is InChI=1S/C25H30S/c1-5-13-22(14-6-2)25(26-20-19-21(3)4,23-15-9-7-10-16-23)24-17-11-8-12-18-24/h5-18,21H,1,19-20H2,2-4H3/b14-6-,22-13+. The fourth-order valence-corrected chi connectivity index (χ4v) is 4.94. The zero-order valence-electron chi connectivity index (χ0n) is 16.2. The second kappa shape index (κ2) is 10.2. The van der Waals surface area contributed by atoms with Gasteiger partial charge in [-0.15, -0.1) is 11.8 Å². The van der Waals surface area contributed by atoms with Gasteiger partial charge in [-0.2, -0.15) is 0 Å². The highest BCUT2D eigenvalue weighted by Crippen LogP contribution is 2.49. The SMILES string of the molecule is C=C/C=C(\C=C/C)C(SCCC(C)C)(c1ccccc1)c1ccccc1. The van der Waals surface area contributed by atoms with Crippen LogP contribution in [-0.4, -0.2) is 5.75 Å². The molecule has 1 heteroatoms. The highest BCUT2D eigenvalue weighted by molar-refractivity contribution is 8.00. The van der Waals surface area contributed by atoms with Crippen LogP contribution in [0.25, 0.3) is 0 Å². The minimum atomic E-state index is -0.238. The Balaban J connectivity index is 2.70. The van der Waals surface area contributed by atoms with Crippen molar-refractivity contribution in [1.82, 2.24) is 0 Å². The smallest absolute Gasteiger partial charge is 0.0906 e. The fraction of sp³-hybridized carbons (Fsp3) is 0.280. The molecule has 0 amide bonds. The molecule has 0 aromatic heterocycles. The molecule has 26 heavy (non-hydrogen) atoms. The van der Waals surface area contributed by atoms with E-state index in [1.165, 1.54) is 23.1 Å². The third-order valence-electron chi connectivity index (χ3n) is 4.42. The third kappa shape index (κ3) is 4.80. The Morgan fingerprint density at radius 3 is 1.96 bits per heavy atom. The van der Waals surface area contributed by atoms with Crippen molar-refractivity contribution in [2.45, 2.75) is 31.9 Å². The highest BCUT2D eigenvalue weighted by Gasteiger charge is 2.37. The summed E-state index contributed by atoms with van der Waals surface area (Å²) < 4.78 is -0.238. The average Bonchev–Trinajstić information content (AvgIpc) is 2.66. The van der Waals surface area contributed by atoms with E-state index in [1.54, 1.807) is 0 Å². The number of benzene rings is 2. The normalized spacial score (nSPS) is 12.7. The molecule has 0 nitrogen and oxygen atoms in total. The number of rotatable bonds is 9. The zero-order valence-corrected chi connectivity index (χ0v) is 17.0. The Morgan fingerprint density at radius 1 is 1.00 bits per heavy atom. The molecule has 0 radical (unpaired) electrons. The van der Waals surface area contributed by atoms with Gasteiger partial charge in [-0.1, -0.05) is 105 Å². The topological polar surface area (TPSA) is 0 Å². The molecule has 2 rings (SSSR count). The zero-order chi connectivity index (χ0) is 18.8. The van der Waals surface area contributed by atoms with Gasteiger partial charge in [0.1, 0.15) is 0 Å². The Labute approximate surface area is 163 Å². The molecule has 2 aromatic carbocycles. The van der Waals surface area contributed by atoms with Crippen LogP contribution >= 0.6 is 11.8 Å². The number of allylic oxidation sites excluding steroid dienone is 4. The lowest BCUT2D eigenvalue weighted by Crippen LogP contribution is -2.27. The van der Waals surface area contributed by atoms with Crippen molar-refractivity contribution in [3.63, 3.8) is 0 Å². The molecule has 2 aromatic rings. The van der Waals surface area contributed by atoms with E-state index in [1.807, 2.05) is 17.8 Å². The lowest BCUT2D eigenvalue weighted by Gasteiger charge is -2.36. The Bertz CT molecular complexity index is 684. The van der Waals surface area contributed by atoms with Crippen molar-refractivity contribution in [3.8, 4) is 0 Å². The first-order chi connectivity index (χ1) is 12.6. The van der Waals surface area contributed by atoms with E-state index in [0.717, 1.165) is 5.75 Å². The van der Waals surface area contributed by atoms with Crippen LogP contribution in [0, 0.1) is 5.92 Å². The van der Waals surface area contributed by atoms with Crippen molar-refractivity contribution >= 4 is 11.8 Å². The summed E-state index contributed by atoms with van der Waals surface area (Å²) in [6.07, 6.45) is 9.60. The Morgan fingerprint density at radius 2 is 1.54 bits per heavy atom. The molecule has 0 aliphatic carbocycles. The van der Waals surface area contributed by atoms with Crippen molar-refractivity contribution in [1.29, 1.82) is 0 Å². The van der Waals surface area contributed by atoms with Crippen LogP contribution in [-0.2, 0) is 4.75 Å². The summed E-state index contributed by atoms with van der Waals surface area (Å²) in [6.45, 7) is 10.6. The molecule has 0 saturated carbocycles. The minimum Gasteiger partial charge on any atom is -0.141 e. The molecular weight excluding hydrogens is 332 g/mol. The molecule has 0 aliphatic heterocycles. The van der Waals surface area contributed by atoms with Gasteiger partial charge in [0.15, 0.2) is 0 Å². The average molecular weight is 363 g/mol. The summed E-state index contributed by atoms with van der Waals surface area (Å²) in [4.78, 5) is 0. The number of hydrogen-bond acceptors (Lipinski definition) is 1. The van der Waals surface area contributed by atoms with Crippen molar-refractivity contribution in [2.24, 2.45) is 5.92 Å². The molecule has 0 saturated heterocycles. The van der Waals surface area contributed by atoms with E-state index in [0.29, 0.717) is 5.92 Å². The van der Waals surface area contributed by atoms with Crippen LogP contribution in [0.1, 0.15) is 38.3 Å². The van der Waals surface area contributed by atoms with Gasteiger partial charge in [0.25, 0.3) is 0 Å². The second-order valence-corrected chi connectivity index (χ2v) is 8.11. The largest absolute Gasteiger partial charge is 0.141 e. The van der Waals surface area contributed by atoms with Gasteiger partial charge in [-0.05, 0) is 41.7 Å². The minimum absolute atomic E-state index is 0.238. The molecule has 0 N–H and O–H groups in total. The van der Waals surface area contributed by atoms with E-state index in [2.05, 4.69) is 106 Å². The molecular formula is C25H30S. The number of thioether (sulfide) groups is 1. The van der Waals surface area contributed by atoms with Crippen LogP contribution < -0.4 is 0 Å². The van der Waals surface area contributed by atoms with E-state index in [-0.39, 0.29) is 4.75 Å².